The van der Waals surface area contributed by atoms with Crippen molar-refractivity contribution in [1.82, 2.24) is 24.4 Å². The van der Waals surface area contributed by atoms with Crippen LogP contribution in [0.15, 0.2) is 46.8 Å². The van der Waals surface area contributed by atoms with E-state index in [0.717, 1.165) is 25.1 Å². The fraction of sp³-hybridized carbons (Fsp3) is 0.290. The molecular weight excluding hydrogens is 602 g/mol. The molecule has 1 aromatic carbocycles. The lowest BCUT2D eigenvalue weighted by Gasteiger charge is -2.26. The molecule has 6 rings (SSSR count). The first-order chi connectivity index (χ1) is 21.2. The van der Waals surface area contributed by atoms with Gasteiger partial charge in [-0.1, -0.05) is 11.6 Å². The van der Waals surface area contributed by atoms with Gasteiger partial charge in [-0.25, -0.2) is 14.8 Å². The van der Waals surface area contributed by atoms with Crippen molar-refractivity contribution in [3.63, 3.8) is 0 Å². The molecule has 0 bridgehead atoms. The molecule has 11 nitrogen and oxygen atoms in total. The van der Waals surface area contributed by atoms with Gasteiger partial charge in [0.1, 0.15) is 35.6 Å². The highest BCUT2D eigenvalue weighted by Crippen LogP contribution is 2.39. The number of ether oxygens (including phenoxy) is 1. The van der Waals surface area contributed by atoms with E-state index in [1.54, 1.807) is 49.0 Å². The molecule has 5 aromatic rings. The zero-order valence-corrected chi connectivity index (χ0v) is 25.8. The summed E-state index contributed by atoms with van der Waals surface area (Å²) in [5, 5.41) is 22.0. The lowest BCUT2D eigenvalue weighted by atomic mass is 10.0. The molecule has 44 heavy (non-hydrogen) atoms. The minimum absolute atomic E-state index is 0.121. The minimum atomic E-state index is -1.05. The maximum absolute atomic E-state index is 13.8. The van der Waals surface area contributed by atoms with Gasteiger partial charge in [-0.15, -0.1) is 11.3 Å². The number of carbonyl (C=O) groups is 1. The largest absolute Gasteiger partial charge is 0.491 e. The van der Waals surface area contributed by atoms with Gasteiger partial charge in [-0.05, 0) is 51.2 Å². The second kappa shape index (κ2) is 11.8. The number of pyridine rings is 2. The van der Waals surface area contributed by atoms with Crippen LogP contribution in [0.4, 0.5) is 5.82 Å². The van der Waals surface area contributed by atoms with Crippen molar-refractivity contribution in [1.29, 1.82) is 5.26 Å². The summed E-state index contributed by atoms with van der Waals surface area (Å²) in [4.78, 5) is 43.2. The molecule has 4 aromatic heterocycles. The van der Waals surface area contributed by atoms with Crippen molar-refractivity contribution in [2.24, 2.45) is 0 Å². The van der Waals surface area contributed by atoms with Gasteiger partial charge >= 0.3 is 5.97 Å². The van der Waals surface area contributed by atoms with Crippen molar-refractivity contribution >= 4 is 55.8 Å². The Kier molecular flexibility index (Phi) is 7.94. The molecule has 5 heterocycles. The second-order valence-corrected chi connectivity index (χ2v) is 12.1. The van der Waals surface area contributed by atoms with E-state index in [-0.39, 0.29) is 41.3 Å². The Morgan fingerprint density at radius 3 is 2.84 bits per heavy atom. The van der Waals surface area contributed by atoms with Crippen molar-refractivity contribution in [3.05, 3.63) is 74.4 Å². The molecule has 224 valence electrons. The number of anilines is 1. The number of carboxylic acids is 1. The Balaban J connectivity index is 1.32. The Bertz CT molecular complexity index is 2040. The van der Waals surface area contributed by atoms with Crippen molar-refractivity contribution in [2.45, 2.75) is 25.9 Å². The van der Waals surface area contributed by atoms with E-state index in [9.17, 15) is 20.0 Å². The number of likely N-dealkylation sites (tertiary alicyclic amines) is 1. The summed E-state index contributed by atoms with van der Waals surface area (Å²) >= 11 is 7.65. The van der Waals surface area contributed by atoms with Gasteiger partial charge < -0.3 is 19.6 Å². The molecule has 0 amide bonds. The molecule has 1 N–H and O–H groups in total. The van der Waals surface area contributed by atoms with Gasteiger partial charge in [0.25, 0.3) is 5.56 Å². The first-order valence-electron chi connectivity index (χ1n) is 13.9. The maximum atomic E-state index is 13.8. The summed E-state index contributed by atoms with van der Waals surface area (Å²) in [6.45, 7) is 3.83. The fourth-order valence-electron chi connectivity index (χ4n) is 5.73. The van der Waals surface area contributed by atoms with E-state index in [1.165, 1.54) is 15.9 Å². The van der Waals surface area contributed by atoms with Gasteiger partial charge in [-0.2, -0.15) is 5.26 Å². The van der Waals surface area contributed by atoms with Crippen LogP contribution in [0.2, 0.25) is 5.02 Å². The number of hydrogen-bond donors (Lipinski definition) is 1. The van der Waals surface area contributed by atoms with Gasteiger partial charge in [0.2, 0.25) is 0 Å². The number of aromatic nitrogens is 4. The lowest BCUT2D eigenvalue weighted by Crippen LogP contribution is -2.35. The molecule has 0 aliphatic carbocycles. The topological polar surface area (TPSA) is 137 Å². The first-order valence-corrected chi connectivity index (χ1v) is 15.2. The quantitative estimate of drug-likeness (QED) is 0.254. The highest BCUT2D eigenvalue weighted by Gasteiger charge is 2.27. The van der Waals surface area contributed by atoms with Crippen molar-refractivity contribution in [3.8, 4) is 22.9 Å². The Morgan fingerprint density at radius 1 is 1.30 bits per heavy atom. The summed E-state index contributed by atoms with van der Waals surface area (Å²) < 4.78 is 8.41. The molecule has 1 saturated heterocycles. The SMILES string of the molecule is Cc1nc2cnc(N(C)C3CCN(C)C3)c(C#N)c2c(=O)n1CCOc1ccc(Cl)cc1-c1ccnc2c(C(=O)O)csc12. The molecule has 1 fully saturated rings. The van der Waals surface area contributed by atoms with E-state index in [2.05, 4.69) is 33.0 Å². The zero-order chi connectivity index (χ0) is 31.1. The number of benzene rings is 1. The van der Waals surface area contributed by atoms with Crippen LogP contribution in [0.5, 0.6) is 5.75 Å². The monoisotopic (exact) mass is 629 g/mol. The molecule has 1 aliphatic heterocycles. The number of aromatic carboxylic acids is 1. The molecule has 1 unspecified atom stereocenters. The second-order valence-electron chi connectivity index (χ2n) is 10.7. The fourth-order valence-corrected chi connectivity index (χ4v) is 6.93. The van der Waals surface area contributed by atoms with Crippen LogP contribution in [-0.2, 0) is 6.54 Å². The molecule has 1 atom stereocenters. The third-order valence-electron chi connectivity index (χ3n) is 8.02. The number of halogens is 1. The summed E-state index contributed by atoms with van der Waals surface area (Å²) in [5.74, 6) is 0.412. The third-order valence-corrected chi connectivity index (χ3v) is 9.26. The summed E-state index contributed by atoms with van der Waals surface area (Å²) in [6.07, 6.45) is 4.06. The number of hydrogen-bond acceptors (Lipinski definition) is 10. The number of likely N-dealkylation sites (N-methyl/N-ethyl adjacent to an activating group) is 2. The summed E-state index contributed by atoms with van der Waals surface area (Å²) in [5.41, 5.74) is 2.19. The molecule has 13 heteroatoms. The molecular formula is C31H28ClN7O4S. The number of nitrogens with zero attached hydrogens (tertiary/aromatic N) is 7. The van der Waals surface area contributed by atoms with Crippen LogP contribution in [0.1, 0.15) is 28.2 Å². The Hall–Kier alpha value is -4.57. The average Bonchev–Trinajstić information content (AvgIpc) is 3.65. The van der Waals surface area contributed by atoms with Gasteiger partial charge in [0, 0.05) is 47.4 Å². The molecule has 1 aliphatic rings. The Labute approximate surface area is 261 Å². The maximum Gasteiger partial charge on any atom is 0.338 e. The van der Waals surface area contributed by atoms with Gasteiger partial charge in [0.05, 0.1) is 39.4 Å². The van der Waals surface area contributed by atoms with Gasteiger partial charge in [0.15, 0.2) is 0 Å². The van der Waals surface area contributed by atoms with Crippen LogP contribution < -0.4 is 15.2 Å². The van der Waals surface area contributed by atoms with E-state index < -0.39 is 5.97 Å². The minimum Gasteiger partial charge on any atom is -0.491 e. The predicted octanol–water partition coefficient (Wildman–Crippen LogP) is 4.82. The van der Waals surface area contributed by atoms with Crippen LogP contribution in [0.3, 0.4) is 0 Å². The number of fused-ring (bicyclic) bond motifs is 2. The van der Waals surface area contributed by atoms with Crippen LogP contribution in [-0.4, -0.2) is 75.3 Å². The number of rotatable bonds is 8. The number of nitriles is 1. The zero-order valence-electron chi connectivity index (χ0n) is 24.2. The number of carboxylic acid groups (broad SMARTS) is 1. The lowest BCUT2D eigenvalue weighted by molar-refractivity contribution is 0.0699. The summed E-state index contributed by atoms with van der Waals surface area (Å²) in [7, 11) is 3.97. The van der Waals surface area contributed by atoms with E-state index >= 15 is 0 Å². The van der Waals surface area contributed by atoms with E-state index in [4.69, 9.17) is 16.3 Å². The first kappa shape index (κ1) is 29.5. The van der Waals surface area contributed by atoms with Crippen LogP contribution in [0, 0.1) is 18.3 Å². The summed E-state index contributed by atoms with van der Waals surface area (Å²) in [6, 6.07) is 9.41. The third kappa shape index (κ3) is 5.23. The molecule has 0 radical (unpaired) electrons. The van der Waals surface area contributed by atoms with E-state index in [1.807, 2.05) is 11.9 Å². The normalized spacial score (nSPS) is 15.1. The highest BCUT2D eigenvalue weighted by molar-refractivity contribution is 7.18. The average molecular weight is 630 g/mol. The van der Waals surface area contributed by atoms with Crippen molar-refractivity contribution < 1.29 is 14.6 Å². The number of aryl methyl sites for hydroxylation is 1. The van der Waals surface area contributed by atoms with Crippen LogP contribution >= 0.6 is 22.9 Å². The van der Waals surface area contributed by atoms with Crippen LogP contribution in [0.25, 0.3) is 32.2 Å². The van der Waals surface area contributed by atoms with E-state index in [0.29, 0.717) is 43.7 Å². The standard InChI is InChI=1S/C31H28ClN7O4S/c1-17-36-24-14-35-29(38(3)19-7-9-37(2)15-19)22(13-33)26(24)30(40)39(17)10-11-43-25-5-4-18(32)12-21(25)20-6-8-34-27-23(31(41)42)16-44-28(20)27/h4-6,8,12,14,16,19H,7,9-11,15H2,1-3H3,(H,41,42). The molecule has 0 saturated carbocycles. The van der Waals surface area contributed by atoms with Crippen molar-refractivity contribution in [2.75, 3.05) is 38.7 Å². The highest BCUT2D eigenvalue weighted by atomic mass is 35.5. The predicted molar refractivity (Wildman–Crippen MR) is 170 cm³/mol. The van der Waals surface area contributed by atoms with Gasteiger partial charge in [-0.3, -0.25) is 14.3 Å². The smallest absolute Gasteiger partial charge is 0.338 e. The molecule has 0 spiro atoms. The number of thiophene rings is 1. The Morgan fingerprint density at radius 2 is 2.11 bits per heavy atom.